The largest absolute Gasteiger partial charge is 0.481 e. The van der Waals surface area contributed by atoms with Crippen LogP contribution in [0.2, 0.25) is 0 Å². The lowest BCUT2D eigenvalue weighted by Gasteiger charge is -2.25. The molecule has 0 atom stereocenters. The maximum absolute atomic E-state index is 12.3. The van der Waals surface area contributed by atoms with Gasteiger partial charge in [0.2, 0.25) is 0 Å². The molecule has 2 N–H and O–H groups in total. The Morgan fingerprint density at radius 3 is 2.77 bits per heavy atom. The van der Waals surface area contributed by atoms with Crippen LogP contribution in [0, 0.1) is 0 Å². The second-order valence-electron chi connectivity index (χ2n) is 5.51. The summed E-state index contributed by atoms with van der Waals surface area (Å²) >= 11 is 0. The first-order valence-electron chi connectivity index (χ1n) is 6.73. The third-order valence-electron chi connectivity index (χ3n) is 3.09. The number of rotatable bonds is 6. The molecule has 0 unspecified atom stereocenters. The maximum Gasteiger partial charge on any atom is 0.303 e. The molecular formula is C14H17N5O3. The quantitative estimate of drug-likeness (QED) is 0.825. The second-order valence-corrected chi connectivity index (χ2v) is 5.51. The van der Waals surface area contributed by atoms with Crippen LogP contribution in [0.4, 0.5) is 0 Å². The van der Waals surface area contributed by atoms with E-state index in [2.05, 4.69) is 20.6 Å². The number of carboxylic acid groups (broad SMARTS) is 1. The average molecular weight is 303 g/mol. The monoisotopic (exact) mass is 303 g/mol. The Labute approximate surface area is 127 Å². The number of carbonyl (C=O) groups excluding carboxylic acids is 1. The molecule has 1 amide bonds. The molecule has 22 heavy (non-hydrogen) atoms. The van der Waals surface area contributed by atoms with Gasteiger partial charge in [0.1, 0.15) is 0 Å². The lowest BCUT2D eigenvalue weighted by atomic mass is 9.98. The zero-order chi connectivity index (χ0) is 16.2. The van der Waals surface area contributed by atoms with Gasteiger partial charge in [0.15, 0.2) is 0 Å². The molecule has 0 aliphatic carbocycles. The van der Waals surface area contributed by atoms with Gasteiger partial charge in [0.05, 0.1) is 29.8 Å². The van der Waals surface area contributed by atoms with Gasteiger partial charge in [-0.05, 0) is 26.3 Å². The predicted octanol–water partition coefficient (Wildman–Crippen LogP) is 1.04. The third-order valence-corrected chi connectivity index (χ3v) is 3.09. The third kappa shape index (κ3) is 4.11. The Balaban J connectivity index is 2.09. The number of carboxylic acids is 1. The van der Waals surface area contributed by atoms with E-state index in [9.17, 15) is 9.59 Å². The molecule has 0 saturated carbocycles. The summed E-state index contributed by atoms with van der Waals surface area (Å²) in [4.78, 5) is 26.9. The van der Waals surface area contributed by atoms with Gasteiger partial charge in [-0.3, -0.25) is 14.6 Å². The number of nitrogens with zero attached hydrogens (tertiary/aromatic N) is 4. The normalized spacial score (nSPS) is 11.2. The maximum atomic E-state index is 12.3. The smallest absolute Gasteiger partial charge is 0.303 e. The summed E-state index contributed by atoms with van der Waals surface area (Å²) in [5, 5.41) is 19.1. The Kier molecular flexibility index (Phi) is 4.50. The Morgan fingerprint density at radius 1 is 1.36 bits per heavy atom. The van der Waals surface area contributed by atoms with Crippen molar-refractivity contribution in [3.8, 4) is 5.69 Å². The number of hydrogen-bond donors (Lipinski definition) is 2. The van der Waals surface area contributed by atoms with Crippen molar-refractivity contribution in [1.29, 1.82) is 0 Å². The van der Waals surface area contributed by atoms with Crippen LogP contribution in [-0.2, 0) is 4.79 Å². The minimum Gasteiger partial charge on any atom is -0.481 e. The average Bonchev–Trinajstić information content (AvgIpc) is 2.99. The number of nitrogens with one attached hydrogen (secondary N) is 1. The minimum absolute atomic E-state index is 0.00940. The molecule has 0 aromatic carbocycles. The lowest BCUT2D eigenvalue weighted by Crippen LogP contribution is -2.43. The predicted molar refractivity (Wildman–Crippen MR) is 77.6 cm³/mol. The molecule has 0 saturated heterocycles. The van der Waals surface area contributed by atoms with Gasteiger partial charge in [-0.1, -0.05) is 5.21 Å². The van der Waals surface area contributed by atoms with Gasteiger partial charge < -0.3 is 10.4 Å². The molecule has 116 valence electrons. The van der Waals surface area contributed by atoms with Crippen molar-refractivity contribution in [2.24, 2.45) is 0 Å². The first kappa shape index (κ1) is 15.6. The molecule has 0 aliphatic rings. The number of amides is 1. The van der Waals surface area contributed by atoms with Crippen LogP contribution in [0.3, 0.4) is 0 Å². The van der Waals surface area contributed by atoms with E-state index < -0.39 is 11.5 Å². The summed E-state index contributed by atoms with van der Waals surface area (Å²) in [6.45, 7) is 3.56. The number of carbonyl (C=O) groups is 2. The van der Waals surface area contributed by atoms with Crippen LogP contribution >= 0.6 is 0 Å². The van der Waals surface area contributed by atoms with E-state index in [1.54, 1.807) is 32.3 Å². The summed E-state index contributed by atoms with van der Waals surface area (Å²) in [6.07, 6.45) is 6.52. The highest BCUT2D eigenvalue weighted by molar-refractivity contribution is 5.94. The topological polar surface area (TPSA) is 110 Å². The van der Waals surface area contributed by atoms with Gasteiger partial charge in [-0.15, -0.1) is 5.10 Å². The van der Waals surface area contributed by atoms with Crippen molar-refractivity contribution in [2.75, 3.05) is 0 Å². The molecule has 0 spiro atoms. The van der Waals surface area contributed by atoms with Crippen molar-refractivity contribution >= 4 is 11.9 Å². The fraction of sp³-hybridized carbons (Fsp3) is 0.357. The van der Waals surface area contributed by atoms with Crippen molar-refractivity contribution in [3.63, 3.8) is 0 Å². The first-order chi connectivity index (χ1) is 10.4. The molecule has 0 fully saturated rings. The lowest BCUT2D eigenvalue weighted by molar-refractivity contribution is -0.137. The summed E-state index contributed by atoms with van der Waals surface area (Å²) in [5.41, 5.74) is 0.364. The van der Waals surface area contributed by atoms with Crippen molar-refractivity contribution in [3.05, 3.63) is 36.4 Å². The molecular weight excluding hydrogens is 286 g/mol. The van der Waals surface area contributed by atoms with Crippen LogP contribution in [0.1, 0.15) is 37.0 Å². The highest BCUT2D eigenvalue weighted by atomic mass is 16.4. The number of hydrogen-bond acceptors (Lipinski definition) is 5. The van der Waals surface area contributed by atoms with Gasteiger partial charge >= 0.3 is 5.97 Å². The fourth-order valence-corrected chi connectivity index (χ4v) is 1.88. The summed E-state index contributed by atoms with van der Waals surface area (Å²) in [7, 11) is 0. The molecule has 0 aliphatic heterocycles. The van der Waals surface area contributed by atoms with Crippen molar-refractivity contribution < 1.29 is 14.7 Å². The molecule has 2 aromatic rings. The first-order valence-corrected chi connectivity index (χ1v) is 6.73. The minimum atomic E-state index is -0.892. The molecule has 2 heterocycles. The molecule has 2 rings (SSSR count). The van der Waals surface area contributed by atoms with E-state index in [0.717, 1.165) is 0 Å². The Bertz CT molecular complexity index is 667. The number of aromatic nitrogens is 4. The van der Waals surface area contributed by atoms with Crippen molar-refractivity contribution in [1.82, 2.24) is 25.3 Å². The molecule has 2 aromatic heterocycles. The highest BCUT2D eigenvalue weighted by Gasteiger charge is 2.22. The van der Waals surface area contributed by atoms with E-state index in [1.165, 1.54) is 17.1 Å². The van der Waals surface area contributed by atoms with E-state index >= 15 is 0 Å². The van der Waals surface area contributed by atoms with Crippen molar-refractivity contribution in [2.45, 2.75) is 32.2 Å². The number of pyridine rings is 1. The standard InChI is InChI=1S/C14H17N5O3/c1-14(2,4-3-12(20)21)17-13(22)10-7-11(9-15-8-10)19-6-5-16-18-19/h5-9H,3-4H2,1-2H3,(H,17,22)(H,20,21). The summed E-state index contributed by atoms with van der Waals surface area (Å²) < 4.78 is 1.50. The SMILES string of the molecule is CC(C)(CCC(=O)O)NC(=O)c1cncc(-n2ccnn2)c1. The van der Waals surface area contributed by atoms with Crippen LogP contribution in [0.5, 0.6) is 0 Å². The highest BCUT2D eigenvalue weighted by Crippen LogP contribution is 2.13. The van der Waals surface area contributed by atoms with Gasteiger partial charge in [-0.2, -0.15) is 0 Å². The van der Waals surface area contributed by atoms with Crippen LogP contribution in [0.25, 0.3) is 5.69 Å². The molecule has 0 radical (unpaired) electrons. The number of aliphatic carboxylic acids is 1. The van der Waals surface area contributed by atoms with Gasteiger partial charge in [0.25, 0.3) is 5.91 Å². The van der Waals surface area contributed by atoms with Gasteiger partial charge in [0, 0.05) is 18.2 Å². The van der Waals surface area contributed by atoms with E-state index in [-0.39, 0.29) is 12.3 Å². The van der Waals surface area contributed by atoms with Crippen LogP contribution in [-0.4, -0.2) is 42.5 Å². The fourth-order valence-electron chi connectivity index (χ4n) is 1.88. The van der Waals surface area contributed by atoms with E-state index in [0.29, 0.717) is 17.7 Å². The van der Waals surface area contributed by atoms with E-state index in [1.807, 2.05) is 0 Å². The van der Waals surface area contributed by atoms with E-state index in [4.69, 9.17) is 5.11 Å². The molecule has 8 heteroatoms. The zero-order valence-electron chi connectivity index (χ0n) is 12.4. The summed E-state index contributed by atoms with van der Waals surface area (Å²) in [5.74, 6) is -1.21. The molecule has 0 bridgehead atoms. The summed E-state index contributed by atoms with van der Waals surface area (Å²) in [6, 6.07) is 1.64. The Morgan fingerprint density at radius 2 is 2.14 bits per heavy atom. The molecule has 8 nitrogen and oxygen atoms in total. The second kappa shape index (κ2) is 6.33. The zero-order valence-corrected chi connectivity index (χ0v) is 12.4. The Hall–Kier alpha value is -2.77. The van der Waals surface area contributed by atoms with Gasteiger partial charge in [-0.25, -0.2) is 4.68 Å². The van der Waals surface area contributed by atoms with Crippen LogP contribution in [0.15, 0.2) is 30.9 Å². The van der Waals surface area contributed by atoms with Crippen LogP contribution < -0.4 is 5.32 Å².